The Bertz CT molecular complexity index is 1520. The maximum Gasteiger partial charge on any atom is 0.193 e. The van der Waals surface area contributed by atoms with Crippen LogP contribution in [0.3, 0.4) is 0 Å². The van der Waals surface area contributed by atoms with E-state index < -0.39 is 11.6 Å². The third kappa shape index (κ3) is 5.03. The lowest BCUT2D eigenvalue weighted by molar-refractivity contribution is 0.157. The summed E-state index contributed by atoms with van der Waals surface area (Å²) in [5, 5.41) is 8.59. The highest BCUT2D eigenvalue weighted by Crippen LogP contribution is 2.37. The molecule has 4 aromatic rings. The van der Waals surface area contributed by atoms with Crippen LogP contribution in [0, 0.1) is 18.6 Å². The topological polar surface area (TPSA) is 67.2 Å². The van der Waals surface area contributed by atoms with Gasteiger partial charge in [-0.1, -0.05) is 0 Å². The Balaban J connectivity index is 1.38. The van der Waals surface area contributed by atoms with Crippen molar-refractivity contribution < 1.29 is 8.78 Å². The Hall–Kier alpha value is -3.72. The lowest BCUT2D eigenvalue weighted by Crippen LogP contribution is -2.48. The third-order valence-electron chi connectivity index (χ3n) is 7.60. The van der Waals surface area contributed by atoms with Crippen molar-refractivity contribution in [3.63, 3.8) is 0 Å². The van der Waals surface area contributed by atoms with Gasteiger partial charge in [-0.05, 0) is 68.5 Å². The van der Waals surface area contributed by atoms with Crippen LogP contribution in [0.25, 0.3) is 10.9 Å². The standard InChI is InChI=1S/C29H30F2N6O/c1-19-12-20(8-10-32-19)15-36(23-4-3-11-35(18-23)28-5-2-9-33-34-28)16-21-17-37(22-6-7-22)27-14-26(31)25(30)13-24(27)29(21)38/h2,5,8-10,12-14,17,22-23H,3-4,6-7,11,15-16,18H2,1H3/t23-/m0/s1. The molecule has 0 unspecified atom stereocenters. The summed E-state index contributed by atoms with van der Waals surface area (Å²) in [5.41, 5.74) is 2.87. The van der Waals surface area contributed by atoms with Crippen LogP contribution < -0.4 is 10.3 Å². The molecule has 1 saturated heterocycles. The van der Waals surface area contributed by atoms with E-state index in [1.165, 1.54) is 0 Å². The van der Waals surface area contributed by atoms with Crippen molar-refractivity contribution in [1.29, 1.82) is 0 Å². The van der Waals surface area contributed by atoms with Gasteiger partial charge in [-0.25, -0.2) is 8.78 Å². The number of aryl methyl sites for hydroxylation is 1. The summed E-state index contributed by atoms with van der Waals surface area (Å²) in [6, 6.07) is 10.5. The number of hydrogen-bond donors (Lipinski definition) is 0. The predicted molar refractivity (Wildman–Crippen MR) is 142 cm³/mol. The molecule has 3 aromatic heterocycles. The zero-order valence-electron chi connectivity index (χ0n) is 21.4. The smallest absolute Gasteiger partial charge is 0.193 e. The zero-order chi connectivity index (χ0) is 26.2. The molecule has 4 heterocycles. The largest absolute Gasteiger partial charge is 0.354 e. The minimum absolute atomic E-state index is 0.161. The fourth-order valence-corrected chi connectivity index (χ4v) is 5.56. The first kappa shape index (κ1) is 24.6. The molecule has 38 heavy (non-hydrogen) atoms. The summed E-state index contributed by atoms with van der Waals surface area (Å²) in [4.78, 5) is 22.5. The van der Waals surface area contributed by atoms with Gasteiger partial charge in [0.25, 0.3) is 0 Å². The van der Waals surface area contributed by atoms with E-state index in [4.69, 9.17) is 0 Å². The number of nitrogens with zero attached hydrogens (tertiary/aromatic N) is 6. The van der Waals surface area contributed by atoms with Gasteiger partial charge in [0, 0.05) is 79.6 Å². The maximum absolute atomic E-state index is 14.2. The molecule has 0 N–H and O–H groups in total. The number of rotatable bonds is 7. The number of benzene rings is 1. The quantitative estimate of drug-likeness (QED) is 0.352. The first-order chi connectivity index (χ1) is 18.5. The molecule has 2 aliphatic rings. The highest BCUT2D eigenvalue weighted by atomic mass is 19.2. The van der Waals surface area contributed by atoms with Crippen LogP contribution in [-0.4, -0.2) is 43.8 Å². The first-order valence-corrected chi connectivity index (χ1v) is 13.2. The van der Waals surface area contributed by atoms with E-state index in [9.17, 15) is 13.6 Å². The average molecular weight is 517 g/mol. The van der Waals surface area contributed by atoms with Crippen molar-refractivity contribution in [2.75, 3.05) is 18.0 Å². The van der Waals surface area contributed by atoms with Crippen molar-refractivity contribution >= 4 is 16.7 Å². The molecule has 1 aliphatic heterocycles. The highest BCUT2D eigenvalue weighted by molar-refractivity contribution is 5.80. The van der Waals surface area contributed by atoms with E-state index in [-0.39, 0.29) is 22.9 Å². The molecule has 1 aliphatic carbocycles. The molecule has 6 rings (SSSR count). The molecule has 7 nitrogen and oxygen atoms in total. The summed E-state index contributed by atoms with van der Waals surface area (Å²) in [6.07, 6.45) is 9.24. The molecule has 0 bridgehead atoms. The molecule has 1 aromatic carbocycles. The van der Waals surface area contributed by atoms with E-state index in [1.807, 2.05) is 42.1 Å². The molecular weight excluding hydrogens is 486 g/mol. The fraction of sp³-hybridized carbons (Fsp3) is 0.379. The summed E-state index contributed by atoms with van der Waals surface area (Å²) in [5.74, 6) is -1.08. The van der Waals surface area contributed by atoms with Gasteiger partial charge in [0.1, 0.15) is 0 Å². The van der Waals surface area contributed by atoms with E-state index in [0.29, 0.717) is 24.2 Å². The Kier molecular flexibility index (Phi) is 6.61. The number of piperidine rings is 1. The van der Waals surface area contributed by atoms with Gasteiger partial charge in [-0.2, -0.15) is 5.10 Å². The van der Waals surface area contributed by atoms with Crippen molar-refractivity contribution in [1.82, 2.24) is 24.6 Å². The normalized spacial score (nSPS) is 17.9. The monoisotopic (exact) mass is 516 g/mol. The van der Waals surface area contributed by atoms with Crippen molar-refractivity contribution in [3.8, 4) is 0 Å². The second-order valence-corrected chi connectivity index (χ2v) is 10.4. The molecule has 196 valence electrons. The number of anilines is 1. The molecule has 0 spiro atoms. The van der Waals surface area contributed by atoms with Crippen LogP contribution in [-0.2, 0) is 13.1 Å². The molecule has 1 saturated carbocycles. The Morgan fingerprint density at radius 3 is 2.66 bits per heavy atom. The summed E-state index contributed by atoms with van der Waals surface area (Å²) in [6.45, 7) is 4.66. The fourth-order valence-electron chi connectivity index (χ4n) is 5.56. The van der Waals surface area contributed by atoms with E-state index >= 15 is 0 Å². The maximum atomic E-state index is 14.2. The van der Waals surface area contributed by atoms with Gasteiger partial charge in [-0.15, -0.1) is 5.10 Å². The summed E-state index contributed by atoms with van der Waals surface area (Å²) >= 11 is 0. The van der Waals surface area contributed by atoms with Crippen LogP contribution in [0.15, 0.2) is 59.8 Å². The molecule has 0 amide bonds. The number of hydrogen-bond acceptors (Lipinski definition) is 6. The van der Waals surface area contributed by atoms with E-state index in [1.54, 1.807) is 6.20 Å². The number of halogens is 2. The Morgan fingerprint density at radius 1 is 1.05 bits per heavy atom. The second-order valence-electron chi connectivity index (χ2n) is 10.4. The van der Waals surface area contributed by atoms with Crippen molar-refractivity contribution in [2.24, 2.45) is 0 Å². The van der Waals surface area contributed by atoms with E-state index in [0.717, 1.165) is 68.0 Å². The lowest BCUT2D eigenvalue weighted by atomic mass is 10.0. The summed E-state index contributed by atoms with van der Waals surface area (Å²) in [7, 11) is 0. The highest BCUT2D eigenvalue weighted by Gasteiger charge is 2.30. The number of aromatic nitrogens is 4. The SMILES string of the molecule is Cc1cc(CN(Cc2cn(C3CC3)c3cc(F)c(F)cc3c2=O)[C@H]2CCCN(c3cccnn3)C2)ccn1. The minimum atomic E-state index is -0.995. The second kappa shape index (κ2) is 10.2. The van der Waals surface area contributed by atoms with Crippen LogP contribution in [0.4, 0.5) is 14.6 Å². The molecule has 2 fully saturated rings. The van der Waals surface area contributed by atoms with Gasteiger partial charge < -0.3 is 9.47 Å². The number of pyridine rings is 2. The van der Waals surface area contributed by atoms with Gasteiger partial charge in [-0.3, -0.25) is 14.7 Å². The molecule has 9 heteroatoms. The van der Waals surface area contributed by atoms with Crippen molar-refractivity contribution in [3.05, 3.63) is 93.7 Å². The predicted octanol–water partition coefficient (Wildman–Crippen LogP) is 4.78. The summed E-state index contributed by atoms with van der Waals surface area (Å²) < 4.78 is 30.3. The van der Waals surface area contributed by atoms with Crippen molar-refractivity contribution in [2.45, 2.75) is 57.8 Å². The molecular formula is C29H30F2N6O. The van der Waals surface area contributed by atoms with Gasteiger partial charge in [0.2, 0.25) is 0 Å². The minimum Gasteiger partial charge on any atom is -0.354 e. The van der Waals surface area contributed by atoms with Gasteiger partial charge in [0.05, 0.1) is 5.52 Å². The Morgan fingerprint density at radius 2 is 1.89 bits per heavy atom. The zero-order valence-corrected chi connectivity index (χ0v) is 21.4. The van der Waals surface area contributed by atoms with Gasteiger partial charge in [0.15, 0.2) is 22.9 Å². The van der Waals surface area contributed by atoms with Crippen LogP contribution >= 0.6 is 0 Å². The Labute approximate surface area is 219 Å². The first-order valence-electron chi connectivity index (χ1n) is 13.2. The van der Waals surface area contributed by atoms with Gasteiger partial charge >= 0.3 is 0 Å². The number of fused-ring (bicyclic) bond motifs is 1. The van der Waals surface area contributed by atoms with Crippen LogP contribution in [0.1, 0.15) is 48.5 Å². The molecule has 1 atom stereocenters. The average Bonchev–Trinajstić information content (AvgIpc) is 3.77. The van der Waals surface area contributed by atoms with Crippen LogP contribution in [0.2, 0.25) is 0 Å². The van der Waals surface area contributed by atoms with E-state index in [2.05, 4.69) is 31.0 Å². The lowest BCUT2D eigenvalue weighted by Gasteiger charge is -2.40. The third-order valence-corrected chi connectivity index (χ3v) is 7.60. The van der Waals surface area contributed by atoms with Crippen LogP contribution in [0.5, 0.6) is 0 Å². The molecule has 0 radical (unpaired) electrons.